The number of carbonyl (C=O) groups is 1. The minimum atomic E-state index is -0.175. The van der Waals surface area contributed by atoms with E-state index < -0.39 is 0 Å². The molecule has 2 heterocycles. The number of nitrogens with two attached hydrogens (primary N) is 1. The van der Waals surface area contributed by atoms with Crippen LogP contribution >= 0.6 is 11.3 Å². The summed E-state index contributed by atoms with van der Waals surface area (Å²) in [6.45, 7) is 2.34. The number of pyridine rings is 1. The Kier molecular flexibility index (Phi) is 3.83. The second-order valence-corrected chi connectivity index (χ2v) is 4.80. The monoisotopic (exact) mass is 263 g/mol. The fourth-order valence-electron chi connectivity index (χ4n) is 1.46. The van der Waals surface area contributed by atoms with Gasteiger partial charge in [-0.1, -0.05) is 17.4 Å². The Bertz CT molecular complexity index is 554. The van der Waals surface area contributed by atoms with E-state index in [-0.39, 0.29) is 5.91 Å². The van der Waals surface area contributed by atoms with Gasteiger partial charge in [0.15, 0.2) is 0 Å². The lowest BCUT2D eigenvalue weighted by Gasteiger charge is -2.05. The largest absolute Gasteiger partial charge is 0.374 e. The van der Waals surface area contributed by atoms with Gasteiger partial charge in [0.25, 0.3) is 5.91 Å². The zero-order valence-corrected chi connectivity index (χ0v) is 10.7. The van der Waals surface area contributed by atoms with Gasteiger partial charge >= 0.3 is 0 Å². The average Bonchev–Trinajstić information content (AvgIpc) is 2.75. The van der Waals surface area contributed by atoms with Crippen LogP contribution in [0.3, 0.4) is 0 Å². The van der Waals surface area contributed by atoms with Crippen molar-refractivity contribution >= 4 is 22.4 Å². The summed E-state index contributed by atoms with van der Waals surface area (Å²) in [5, 5.41) is 11.6. The number of nitrogens with one attached hydrogen (secondary N) is 1. The fourth-order valence-corrected chi connectivity index (χ4v) is 2.07. The third-order valence-electron chi connectivity index (χ3n) is 2.33. The summed E-state index contributed by atoms with van der Waals surface area (Å²) in [6, 6.07) is 3.66. The number of aromatic nitrogens is 3. The van der Waals surface area contributed by atoms with Crippen molar-refractivity contribution in [2.24, 2.45) is 0 Å². The number of nitrogen functional groups attached to an aromatic ring is 1. The second kappa shape index (κ2) is 5.54. The highest BCUT2D eigenvalue weighted by molar-refractivity contribution is 7.15. The van der Waals surface area contributed by atoms with Crippen molar-refractivity contribution in [1.29, 1.82) is 0 Å². The zero-order valence-electron chi connectivity index (χ0n) is 9.88. The lowest BCUT2D eigenvalue weighted by molar-refractivity contribution is 0.0948. The molecule has 0 radical (unpaired) electrons. The van der Waals surface area contributed by atoms with Crippen LogP contribution < -0.4 is 11.1 Å². The Labute approximate surface area is 108 Å². The van der Waals surface area contributed by atoms with Gasteiger partial charge in [0.1, 0.15) is 10.7 Å². The van der Waals surface area contributed by atoms with Gasteiger partial charge in [-0.15, -0.1) is 10.2 Å². The van der Waals surface area contributed by atoms with Crippen molar-refractivity contribution in [3.63, 3.8) is 0 Å². The van der Waals surface area contributed by atoms with Gasteiger partial charge in [0.05, 0.1) is 0 Å². The Morgan fingerprint density at radius 3 is 3.00 bits per heavy atom. The molecule has 0 aliphatic carbocycles. The molecule has 0 fully saturated rings. The van der Waals surface area contributed by atoms with E-state index in [9.17, 15) is 4.79 Å². The molecule has 2 aromatic rings. The number of hydrogen-bond donors (Lipinski definition) is 2. The van der Waals surface area contributed by atoms with Crippen LogP contribution in [0.4, 0.5) is 5.13 Å². The van der Waals surface area contributed by atoms with Crippen molar-refractivity contribution in [3.8, 4) is 0 Å². The van der Waals surface area contributed by atoms with E-state index in [4.69, 9.17) is 5.73 Å². The minimum absolute atomic E-state index is 0.175. The molecule has 94 valence electrons. The average molecular weight is 263 g/mol. The normalized spacial score (nSPS) is 10.3. The van der Waals surface area contributed by atoms with Crippen LogP contribution in [-0.4, -0.2) is 27.6 Å². The van der Waals surface area contributed by atoms with Gasteiger partial charge in [-0.05, 0) is 18.6 Å². The zero-order chi connectivity index (χ0) is 13.0. The smallest absolute Gasteiger partial charge is 0.270 e. The molecule has 0 unspecified atom stereocenters. The Morgan fingerprint density at radius 1 is 1.50 bits per heavy atom. The van der Waals surface area contributed by atoms with Crippen molar-refractivity contribution < 1.29 is 4.79 Å². The fraction of sp³-hybridized carbons (Fsp3) is 0.273. The lowest BCUT2D eigenvalue weighted by atomic mass is 10.2. The van der Waals surface area contributed by atoms with E-state index >= 15 is 0 Å². The summed E-state index contributed by atoms with van der Waals surface area (Å²) in [6.07, 6.45) is 2.22. The predicted molar refractivity (Wildman–Crippen MR) is 69.3 cm³/mol. The second-order valence-electron chi connectivity index (χ2n) is 3.71. The molecule has 0 spiro atoms. The van der Waals surface area contributed by atoms with Gasteiger partial charge in [-0.25, -0.2) is 0 Å². The molecule has 0 aromatic carbocycles. The molecule has 0 aliphatic rings. The standard InChI is InChI=1S/C11H13N5OS/c1-7-3-2-5-13-9(7)10(17)14-6-4-8-15-16-11(12)18-8/h2-3,5H,4,6H2,1H3,(H2,12,16)(H,14,17). The first-order valence-corrected chi connectivity index (χ1v) is 6.26. The third-order valence-corrected chi connectivity index (χ3v) is 3.14. The van der Waals surface area contributed by atoms with Crippen molar-refractivity contribution in [1.82, 2.24) is 20.5 Å². The first-order chi connectivity index (χ1) is 8.66. The van der Waals surface area contributed by atoms with Crippen molar-refractivity contribution in [3.05, 3.63) is 34.6 Å². The number of amides is 1. The molecule has 2 aromatic heterocycles. The molecule has 7 heteroatoms. The summed E-state index contributed by atoms with van der Waals surface area (Å²) in [7, 11) is 0. The van der Waals surface area contributed by atoms with Crippen LogP contribution in [0.15, 0.2) is 18.3 Å². The van der Waals surface area contributed by atoms with Crippen molar-refractivity contribution in [2.75, 3.05) is 12.3 Å². The molecular formula is C11H13N5OS. The first-order valence-electron chi connectivity index (χ1n) is 5.44. The van der Waals surface area contributed by atoms with Crippen LogP contribution in [0.2, 0.25) is 0 Å². The number of nitrogens with zero attached hydrogens (tertiary/aromatic N) is 3. The molecule has 0 saturated carbocycles. The van der Waals surface area contributed by atoms with E-state index in [0.717, 1.165) is 10.6 Å². The minimum Gasteiger partial charge on any atom is -0.374 e. The number of anilines is 1. The first kappa shape index (κ1) is 12.4. The quantitative estimate of drug-likeness (QED) is 0.850. The molecular weight excluding hydrogens is 250 g/mol. The maximum atomic E-state index is 11.8. The van der Waals surface area contributed by atoms with Crippen LogP contribution in [-0.2, 0) is 6.42 Å². The predicted octanol–water partition coefficient (Wildman–Crippen LogP) is 0.796. The van der Waals surface area contributed by atoms with Gasteiger partial charge in [-0.2, -0.15) is 0 Å². The molecule has 3 N–H and O–H groups in total. The van der Waals surface area contributed by atoms with Crippen LogP contribution in [0.1, 0.15) is 21.1 Å². The summed E-state index contributed by atoms with van der Waals surface area (Å²) in [5.74, 6) is -0.175. The Balaban J connectivity index is 1.87. The maximum Gasteiger partial charge on any atom is 0.270 e. The summed E-state index contributed by atoms with van der Waals surface area (Å²) in [5.41, 5.74) is 6.78. The van der Waals surface area contributed by atoms with E-state index in [2.05, 4.69) is 20.5 Å². The molecule has 0 aliphatic heterocycles. The lowest BCUT2D eigenvalue weighted by Crippen LogP contribution is -2.27. The topological polar surface area (TPSA) is 93.8 Å². The number of aryl methyl sites for hydroxylation is 1. The third kappa shape index (κ3) is 3.01. The highest BCUT2D eigenvalue weighted by Crippen LogP contribution is 2.10. The maximum absolute atomic E-state index is 11.8. The number of carbonyl (C=O) groups excluding carboxylic acids is 1. The highest BCUT2D eigenvalue weighted by atomic mass is 32.1. The Hall–Kier alpha value is -2.02. The molecule has 0 atom stereocenters. The molecule has 0 saturated heterocycles. The SMILES string of the molecule is Cc1cccnc1C(=O)NCCc1nnc(N)s1. The number of hydrogen-bond acceptors (Lipinski definition) is 6. The summed E-state index contributed by atoms with van der Waals surface area (Å²) < 4.78 is 0. The molecule has 6 nitrogen and oxygen atoms in total. The van der Waals surface area contributed by atoms with Crippen LogP contribution in [0.25, 0.3) is 0 Å². The molecule has 0 bridgehead atoms. The van der Waals surface area contributed by atoms with Crippen molar-refractivity contribution in [2.45, 2.75) is 13.3 Å². The van der Waals surface area contributed by atoms with E-state index in [0.29, 0.717) is 23.8 Å². The highest BCUT2D eigenvalue weighted by Gasteiger charge is 2.09. The Morgan fingerprint density at radius 2 is 2.33 bits per heavy atom. The molecule has 2 rings (SSSR count). The van der Waals surface area contributed by atoms with E-state index in [1.165, 1.54) is 11.3 Å². The van der Waals surface area contributed by atoms with Crippen LogP contribution in [0.5, 0.6) is 0 Å². The summed E-state index contributed by atoms with van der Waals surface area (Å²) >= 11 is 1.33. The van der Waals surface area contributed by atoms with Gasteiger partial charge < -0.3 is 11.1 Å². The molecule has 1 amide bonds. The van der Waals surface area contributed by atoms with Gasteiger partial charge in [0, 0.05) is 19.2 Å². The molecule has 18 heavy (non-hydrogen) atoms. The van der Waals surface area contributed by atoms with Gasteiger partial charge in [0.2, 0.25) is 5.13 Å². The van der Waals surface area contributed by atoms with Gasteiger partial charge in [-0.3, -0.25) is 9.78 Å². The summed E-state index contributed by atoms with van der Waals surface area (Å²) in [4.78, 5) is 15.9. The van der Waals surface area contributed by atoms with E-state index in [1.807, 2.05) is 13.0 Å². The number of rotatable bonds is 4. The van der Waals surface area contributed by atoms with E-state index in [1.54, 1.807) is 12.3 Å². The van der Waals surface area contributed by atoms with Crippen LogP contribution in [0, 0.1) is 6.92 Å².